The Kier molecular flexibility index (Phi) is 4.93. The number of benzene rings is 1. The maximum absolute atomic E-state index is 12.3. The molecule has 1 saturated heterocycles. The Balaban J connectivity index is 1.96. The molecule has 1 amide bonds. The van der Waals surface area contributed by atoms with Crippen LogP contribution in [0.1, 0.15) is 22.8 Å². The van der Waals surface area contributed by atoms with Gasteiger partial charge in [0.15, 0.2) is 0 Å². The van der Waals surface area contributed by atoms with Crippen molar-refractivity contribution in [2.75, 3.05) is 39.8 Å². The molecule has 0 unspecified atom stereocenters. The zero-order valence-corrected chi connectivity index (χ0v) is 11.8. The van der Waals surface area contributed by atoms with Crippen LogP contribution in [0.3, 0.4) is 0 Å². The van der Waals surface area contributed by atoms with Gasteiger partial charge in [-0.15, -0.1) is 0 Å². The van der Waals surface area contributed by atoms with Crippen LogP contribution in [0.4, 0.5) is 0 Å². The molecule has 19 heavy (non-hydrogen) atoms. The third-order valence-electron chi connectivity index (χ3n) is 3.62. The summed E-state index contributed by atoms with van der Waals surface area (Å²) in [7, 11) is 1.67. The summed E-state index contributed by atoms with van der Waals surface area (Å²) in [4.78, 5) is 16.6. The highest BCUT2D eigenvalue weighted by atomic mass is 16.5. The number of nitrogens with zero attached hydrogens (tertiary/aromatic N) is 2. The summed E-state index contributed by atoms with van der Waals surface area (Å²) in [6.07, 6.45) is 0. The van der Waals surface area contributed by atoms with Gasteiger partial charge in [0.05, 0.1) is 6.61 Å². The number of amides is 1. The Morgan fingerprint density at radius 3 is 2.32 bits per heavy atom. The SMILES string of the molecule is CCN1CCN(C(=O)c2ccc(COC)cc2)CC1. The van der Waals surface area contributed by atoms with Crippen molar-refractivity contribution in [3.05, 3.63) is 35.4 Å². The first kappa shape index (κ1) is 14.0. The first-order chi connectivity index (χ1) is 9.24. The van der Waals surface area contributed by atoms with Crippen molar-refractivity contribution in [3.8, 4) is 0 Å². The molecule has 0 spiro atoms. The van der Waals surface area contributed by atoms with Gasteiger partial charge in [-0.1, -0.05) is 19.1 Å². The van der Waals surface area contributed by atoms with Crippen molar-refractivity contribution in [1.82, 2.24) is 9.80 Å². The highest BCUT2D eigenvalue weighted by molar-refractivity contribution is 5.94. The summed E-state index contributed by atoms with van der Waals surface area (Å²) in [5.74, 6) is 0.139. The molecule has 4 nitrogen and oxygen atoms in total. The van der Waals surface area contributed by atoms with Gasteiger partial charge < -0.3 is 14.5 Å². The summed E-state index contributed by atoms with van der Waals surface area (Å²) < 4.78 is 5.07. The quantitative estimate of drug-likeness (QED) is 0.826. The van der Waals surface area contributed by atoms with E-state index in [1.807, 2.05) is 29.2 Å². The van der Waals surface area contributed by atoms with Crippen molar-refractivity contribution in [2.45, 2.75) is 13.5 Å². The lowest BCUT2D eigenvalue weighted by molar-refractivity contribution is 0.0643. The number of piperazine rings is 1. The molecule has 104 valence electrons. The van der Waals surface area contributed by atoms with E-state index in [0.29, 0.717) is 6.61 Å². The molecular formula is C15H22N2O2. The first-order valence-corrected chi connectivity index (χ1v) is 6.84. The second-order valence-electron chi connectivity index (χ2n) is 4.86. The van der Waals surface area contributed by atoms with E-state index in [1.54, 1.807) is 7.11 Å². The fourth-order valence-electron chi connectivity index (χ4n) is 2.36. The maximum Gasteiger partial charge on any atom is 0.253 e. The number of ether oxygens (including phenoxy) is 1. The van der Waals surface area contributed by atoms with Crippen molar-refractivity contribution in [1.29, 1.82) is 0 Å². The predicted molar refractivity (Wildman–Crippen MR) is 75.2 cm³/mol. The standard InChI is InChI=1S/C15H22N2O2/c1-3-16-8-10-17(11-9-16)15(18)14-6-4-13(5-7-14)12-19-2/h4-7H,3,8-12H2,1-2H3. The highest BCUT2D eigenvalue weighted by Crippen LogP contribution is 2.11. The average Bonchev–Trinajstić information content (AvgIpc) is 2.48. The maximum atomic E-state index is 12.3. The molecule has 0 aromatic heterocycles. The van der Waals surface area contributed by atoms with Gasteiger partial charge in [-0.25, -0.2) is 0 Å². The van der Waals surface area contributed by atoms with Crippen molar-refractivity contribution in [3.63, 3.8) is 0 Å². The van der Waals surface area contributed by atoms with Gasteiger partial charge in [0, 0.05) is 38.9 Å². The monoisotopic (exact) mass is 262 g/mol. The van der Waals surface area contributed by atoms with Gasteiger partial charge in [0.2, 0.25) is 0 Å². The Hall–Kier alpha value is -1.39. The van der Waals surface area contributed by atoms with E-state index in [4.69, 9.17) is 4.74 Å². The zero-order chi connectivity index (χ0) is 13.7. The van der Waals surface area contributed by atoms with Crippen LogP contribution in [0.15, 0.2) is 24.3 Å². The Morgan fingerprint density at radius 1 is 1.16 bits per heavy atom. The molecule has 1 aromatic rings. The molecule has 1 aliphatic heterocycles. The molecule has 4 heteroatoms. The average molecular weight is 262 g/mol. The van der Waals surface area contributed by atoms with Crippen molar-refractivity contribution in [2.24, 2.45) is 0 Å². The normalized spacial score (nSPS) is 16.6. The molecule has 1 aromatic carbocycles. The van der Waals surface area contributed by atoms with E-state index >= 15 is 0 Å². The minimum absolute atomic E-state index is 0.139. The third kappa shape index (κ3) is 3.55. The van der Waals surface area contributed by atoms with Crippen LogP contribution in [-0.4, -0.2) is 55.5 Å². The van der Waals surface area contributed by atoms with Gasteiger partial charge in [-0.2, -0.15) is 0 Å². The van der Waals surface area contributed by atoms with Crippen LogP contribution >= 0.6 is 0 Å². The van der Waals surface area contributed by atoms with Gasteiger partial charge in [0.25, 0.3) is 5.91 Å². The lowest BCUT2D eigenvalue weighted by atomic mass is 10.1. The van der Waals surface area contributed by atoms with E-state index < -0.39 is 0 Å². The van der Waals surface area contributed by atoms with Crippen LogP contribution in [0.2, 0.25) is 0 Å². The molecule has 0 radical (unpaired) electrons. The predicted octanol–water partition coefficient (Wildman–Crippen LogP) is 1.61. The van der Waals surface area contributed by atoms with Crippen LogP contribution in [-0.2, 0) is 11.3 Å². The largest absolute Gasteiger partial charge is 0.380 e. The van der Waals surface area contributed by atoms with Crippen LogP contribution in [0, 0.1) is 0 Å². The number of rotatable bonds is 4. The minimum Gasteiger partial charge on any atom is -0.380 e. The summed E-state index contributed by atoms with van der Waals surface area (Å²) in [5, 5.41) is 0. The fourth-order valence-corrected chi connectivity index (χ4v) is 2.36. The van der Waals surface area contributed by atoms with E-state index in [9.17, 15) is 4.79 Å². The Morgan fingerprint density at radius 2 is 1.79 bits per heavy atom. The Labute approximate surface area is 115 Å². The third-order valence-corrected chi connectivity index (χ3v) is 3.62. The molecule has 1 fully saturated rings. The number of carbonyl (C=O) groups is 1. The summed E-state index contributed by atoms with van der Waals surface area (Å²) in [5.41, 5.74) is 1.86. The molecule has 1 aliphatic rings. The van der Waals surface area contributed by atoms with E-state index in [-0.39, 0.29) is 5.91 Å². The number of methoxy groups -OCH3 is 1. The minimum atomic E-state index is 0.139. The number of likely N-dealkylation sites (N-methyl/N-ethyl adjacent to an activating group) is 1. The zero-order valence-electron chi connectivity index (χ0n) is 11.8. The summed E-state index contributed by atoms with van der Waals surface area (Å²) in [6, 6.07) is 7.70. The molecule has 0 bridgehead atoms. The van der Waals surface area contributed by atoms with E-state index in [2.05, 4.69) is 11.8 Å². The smallest absolute Gasteiger partial charge is 0.253 e. The molecule has 1 heterocycles. The summed E-state index contributed by atoms with van der Waals surface area (Å²) >= 11 is 0. The lowest BCUT2D eigenvalue weighted by Gasteiger charge is -2.34. The molecule has 0 saturated carbocycles. The molecular weight excluding hydrogens is 240 g/mol. The van der Waals surface area contributed by atoms with Crippen LogP contribution in [0.5, 0.6) is 0 Å². The first-order valence-electron chi connectivity index (χ1n) is 6.84. The number of hydrogen-bond acceptors (Lipinski definition) is 3. The topological polar surface area (TPSA) is 32.8 Å². The second kappa shape index (κ2) is 6.68. The number of carbonyl (C=O) groups excluding carboxylic acids is 1. The number of hydrogen-bond donors (Lipinski definition) is 0. The Bertz CT molecular complexity index is 409. The van der Waals surface area contributed by atoms with Crippen LogP contribution in [0.25, 0.3) is 0 Å². The second-order valence-corrected chi connectivity index (χ2v) is 4.86. The van der Waals surface area contributed by atoms with E-state index in [0.717, 1.165) is 43.9 Å². The molecule has 2 rings (SSSR count). The van der Waals surface area contributed by atoms with Crippen LogP contribution < -0.4 is 0 Å². The van der Waals surface area contributed by atoms with Gasteiger partial charge >= 0.3 is 0 Å². The molecule has 0 N–H and O–H groups in total. The van der Waals surface area contributed by atoms with Crippen molar-refractivity contribution < 1.29 is 9.53 Å². The van der Waals surface area contributed by atoms with E-state index in [1.165, 1.54) is 0 Å². The molecule has 0 atom stereocenters. The molecule has 0 aliphatic carbocycles. The van der Waals surface area contributed by atoms with Gasteiger partial charge in [0.1, 0.15) is 0 Å². The lowest BCUT2D eigenvalue weighted by Crippen LogP contribution is -2.48. The van der Waals surface area contributed by atoms with Crippen molar-refractivity contribution >= 4 is 5.91 Å². The highest BCUT2D eigenvalue weighted by Gasteiger charge is 2.20. The fraction of sp³-hybridized carbons (Fsp3) is 0.533. The summed E-state index contributed by atoms with van der Waals surface area (Å²) in [6.45, 7) is 7.41. The van der Waals surface area contributed by atoms with Gasteiger partial charge in [-0.05, 0) is 24.2 Å². The van der Waals surface area contributed by atoms with Gasteiger partial charge in [-0.3, -0.25) is 4.79 Å².